The number of benzene rings is 1. The third-order valence-corrected chi connectivity index (χ3v) is 6.88. The SMILES string of the molecule is CC12CCC(c3c1c(=O)nc1c4ccccc4ccn31)C2(C)C. The first kappa shape index (κ1) is 13.3. The third-order valence-electron chi connectivity index (χ3n) is 6.88. The van der Waals surface area contributed by atoms with Crippen molar-refractivity contribution in [1.82, 2.24) is 9.38 Å². The number of aromatic nitrogens is 2. The Kier molecular flexibility index (Phi) is 2.22. The van der Waals surface area contributed by atoms with Crippen LogP contribution in [0.5, 0.6) is 0 Å². The average Bonchev–Trinajstić information content (AvgIpc) is 2.87. The van der Waals surface area contributed by atoms with Gasteiger partial charge in [0.25, 0.3) is 5.56 Å². The predicted octanol–water partition coefficient (Wildman–Crippen LogP) is 4.02. The van der Waals surface area contributed by atoms with Crippen molar-refractivity contribution in [3.05, 3.63) is 58.1 Å². The van der Waals surface area contributed by atoms with Gasteiger partial charge in [-0.05, 0) is 29.7 Å². The largest absolute Gasteiger partial charge is 0.304 e. The zero-order chi connectivity index (χ0) is 16.0. The molecule has 1 fully saturated rings. The van der Waals surface area contributed by atoms with E-state index in [1.165, 1.54) is 5.69 Å². The minimum atomic E-state index is -0.0517. The van der Waals surface area contributed by atoms with Gasteiger partial charge >= 0.3 is 0 Å². The Hall–Kier alpha value is -2.16. The highest BCUT2D eigenvalue weighted by atomic mass is 16.1. The van der Waals surface area contributed by atoms with Crippen molar-refractivity contribution < 1.29 is 0 Å². The molecule has 2 bridgehead atoms. The molecule has 3 aromatic rings. The summed E-state index contributed by atoms with van der Waals surface area (Å²) in [6.45, 7) is 6.89. The monoisotopic (exact) mass is 304 g/mol. The summed E-state index contributed by atoms with van der Waals surface area (Å²) in [5, 5.41) is 2.19. The lowest BCUT2D eigenvalue weighted by Gasteiger charge is -2.34. The van der Waals surface area contributed by atoms with Gasteiger partial charge in [0, 0.05) is 34.2 Å². The summed E-state index contributed by atoms with van der Waals surface area (Å²) in [5.41, 5.74) is 3.02. The number of pyridine rings is 1. The van der Waals surface area contributed by atoms with Crippen LogP contribution in [0.4, 0.5) is 0 Å². The zero-order valence-corrected chi connectivity index (χ0v) is 13.8. The van der Waals surface area contributed by atoms with Gasteiger partial charge in [0.15, 0.2) is 0 Å². The molecule has 0 aliphatic heterocycles. The van der Waals surface area contributed by atoms with Crippen LogP contribution in [0.25, 0.3) is 16.4 Å². The van der Waals surface area contributed by atoms with Gasteiger partial charge in [0.2, 0.25) is 0 Å². The first-order valence-electron chi connectivity index (χ1n) is 8.40. The highest BCUT2D eigenvalue weighted by Gasteiger charge is 2.61. The molecule has 0 amide bonds. The average molecular weight is 304 g/mol. The first-order chi connectivity index (χ1) is 10.9. The van der Waals surface area contributed by atoms with Crippen LogP contribution in [0.1, 0.15) is 50.8 Å². The lowest BCUT2D eigenvalue weighted by Crippen LogP contribution is -2.36. The van der Waals surface area contributed by atoms with E-state index in [9.17, 15) is 4.79 Å². The second kappa shape index (κ2) is 3.84. The standard InChI is InChI=1S/C20H20N2O/c1-19(2)14-8-10-20(19,3)15-16(14)22-11-9-12-6-4-5-7-13(12)17(22)21-18(15)23/h4-7,9,11,14H,8,10H2,1-3H3. The maximum Gasteiger partial charge on any atom is 0.277 e. The molecule has 2 heterocycles. The summed E-state index contributed by atoms with van der Waals surface area (Å²) in [6, 6.07) is 10.3. The van der Waals surface area contributed by atoms with Crippen molar-refractivity contribution in [3.63, 3.8) is 0 Å². The maximum absolute atomic E-state index is 12.9. The van der Waals surface area contributed by atoms with E-state index in [0.29, 0.717) is 5.92 Å². The van der Waals surface area contributed by atoms with Gasteiger partial charge in [-0.3, -0.25) is 4.79 Å². The molecular weight excluding hydrogens is 284 g/mol. The highest BCUT2D eigenvalue weighted by molar-refractivity contribution is 5.93. The summed E-state index contributed by atoms with van der Waals surface area (Å²) in [5.74, 6) is 0.437. The van der Waals surface area contributed by atoms with Crippen LogP contribution >= 0.6 is 0 Å². The summed E-state index contributed by atoms with van der Waals surface area (Å²) in [4.78, 5) is 17.4. The van der Waals surface area contributed by atoms with E-state index in [1.807, 2.05) is 12.1 Å². The van der Waals surface area contributed by atoms with Crippen LogP contribution < -0.4 is 5.56 Å². The zero-order valence-electron chi connectivity index (χ0n) is 13.8. The predicted molar refractivity (Wildman–Crippen MR) is 92.1 cm³/mol. The Balaban J connectivity index is 2.01. The molecule has 23 heavy (non-hydrogen) atoms. The quantitative estimate of drug-likeness (QED) is 0.588. The number of nitrogens with zero attached hydrogens (tertiary/aromatic N) is 2. The summed E-state index contributed by atoms with van der Waals surface area (Å²) < 4.78 is 2.19. The Morgan fingerprint density at radius 1 is 1.17 bits per heavy atom. The second-order valence-corrected chi connectivity index (χ2v) is 7.92. The molecule has 1 aromatic carbocycles. The van der Waals surface area contributed by atoms with Crippen LogP contribution in [-0.4, -0.2) is 9.38 Å². The molecule has 2 aromatic heterocycles. The number of rotatable bonds is 0. The number of hydrogen-bond acceptors (Lipinski definition) is 2. The molecule has 3 nitrogen and oxygen atoms in total. The molecule has 2 aliphatic carbocycles. The molecule has 5 rings (SSSR count). The van der Waals surface area contributed by atoms with Crippen molar-refractivity contribution in [3.8, 4) is 0 Å². The fourth-order valence-electron chi connectivity index (χ4n) is 5.18. The van der Waals surface area contributed by atoms with E-state index < -0.39 is 0 Å². The minimum Gasteiger partial charge on any atom is -0.304 e. The van der Waals surface area contributed by atoms with E-state index in [4.69, 9.17) is 0 Å². The van der Waals surface area contributed by atoms with Crippen LogP contribution in [0.2, 0.25) is 0 Å². The smallest absolute Gasteiger partial charge is 0.277 e. The lowest BCUT2D eigenvalue weighted by atomic mass is 9.69. The number of hydrogen-bond donors (Lipinski definition) is 0. The van der Waals surface area contributed by atoms with Crippen LogP contribution in [0, 0.1) is 5.41 Å². The van der Waals surface area contributed by atoms with E-state index in [2.05, 4.69) is 54.6 Å². The summed E-state index contributed by atoms with van der Waals surface area (Å²) in [6.07, 6.45) is 4.35. The van der Waals surface area contributed by atoms with Crippen LogP contribution in [-0.2, 0) is 5.41 Å². The second-order valence-electron chi connectivity index (χ2n) is 7.92. The van der Waals surface area contributed by atoms with Gasteiger partial charge in [-0.15, -0.1) is 0 Å². The molecule has 0 saturated heterocycles. The summed E-state index contributed by atoms with van der Waals surface area (Å²) in [7, 11) is 0. The Morgan fingerprint density at radius 2 is 1.96 bits per heavy atom. The van der Waals surface area contributed by atoms with Gasteiger partial charge in [-0.25, -0.2) is 0 Å². The van der Waals surface area contributed by atoms with E-state index in [-0.39, 0.29) is 16.4 Å². The highest BCUT2D eigenvalue weighted by Crippen LogP contribution is 2.66. The van der Waals surface area contributed by atoms with Crippen LogP contribution in [0.3, 0.4) is 0 Å². The van der Waals surface area contributed by atoms with Crippen molar-refractivity contribution >= 4 is 16.4 Å². The fraction of sp³-hybridized carbons (Fsp3) is 0.400. The van der Waals surface area contributed by atoms with Gasteiger partial charge in [-0.1, -0.05) is 45.0 Å². The fourth-order valence-corrected chi connectivity index (χ4v) is 5.18. The topological polar surface area (TPSA) is 34.4 Å². The van der Waals surface area contributed by atoms with Crippen LogP contribution in [0.15, 0.2) is 41.3 Å². The minimum absolute atomic E-state index is 0.0193. The Labute approximate surface area is 135 Å². The molecule has 2 unspecified atom stereocenters. The molecule has 3 heteroatoms. The van der Waals surface area contributed by atoms with Gasteiger partial charge < -0.3 is 4.40 Å². The lowest BCUT2D eigenvalue weighted by molar-refractivity contribution is 0.229. The van der Waals surface area contributed by atoms with Crippen molar-refractivity contribution in [1.29, 1.82) is 0 Å². The van der Waals surface area contributed by atoms with E-state index >= 15 is 0 Å². The maximum atomic E-state index is 12.9. The van der Waals surface area contributed by atoms with Crippen molar-refractivity contribution in [2.24, 2.45) is 5.41 Å². The van der Waals surface area contributed by atoms with Gasteiger partial charge in [0.05, 0.1) is 0 Å². The third kappa shape index (κ3) is 1.33. The normalized spacial score (nSPS) is 27.7. The summed E-state index contributed by atoms with van der Waals surface area (Å²) >= 11 is 0. The van der Waals surface area contributed by atoms with E-state index in [1.54, 1.807) is 0 Å². The Bertz CT molecular complexity index is 1050. The molecule has 116 valence electrons. The van der Waals surface area contributed by atoms with Crippen molar-refractivity contribution in [2.75, 3.05) is 0 Å². The van der Waals surface area contributed by atoms with Crippen molar-refractivity contribution in [2.45, 2.75) is 44.9 Å². The van der Waals surface area contributed by atoms with Gasteiger partial charge in [0.1, 0.15) is 5.65 Å². The molecule has 0 spiro atoms. The van der Waals surface area contributed by atoms with E-state index in [0.717, 1.165) is 34.8 Å². The molecule has 2 aliphatic rings. The molecule has 1 saturated carbocycles. The molecule has 2 atom stereocenters. The molecule has 0 radical (unpaired) electrons. The van der Waals surface area contributed by atoms with Gasteiger partial charge in [-0.2, -0.15) is 4.98 Å². The first-order valence-corrected chi connectivity index (χ1v) is 8.40. The number of fused-ring (bicyclic) bond motifs is 9. The molecular formula is C20H20N2O. The molecule has 0 N–H and O–H groups in total. The Morgan fingerprint density at radius 3 is 2.78 bits per heavy atom.